The van der Waals surface area contributed by atoms with E-state index in [2.05, 4.69) is 4.98 Å². The van der Waals surface area contributed by atoms with Crippen LogP contribution in [0, 0.1) is 0 Å². The number of hydrogen-bond donors (Lipinski definition) is 2. The molecule has 0 aliphatic carbocycles. The second kappa shape index (κ2) is 4.08. The van der Waals surface area contributed by atoms with Crippen LogP contribution in [0.1, 0.15) is 16.1 Å². The number of aromatic nitrogens is 1. The van der Waals surface area contributed by atoms with Crippen molar-refractivity contribution in [3.8, 4) is 0 Å². The summed E-state index contributed by atoms with van der Waals surface area (Å²) in [6, 6.07) is 6.42. The number of halogens is 1. The summed E-state index contributed by atoms with van der Waals surface area (Å²) in [5.41, 5.74) is 6.77. The van der Waals surface area contributed by atoms with E-state index in [0.717, 1.165) is 0 Å². The molecule has 2 aromatic rings. The Bertz CT molecular complexity index is 569. The third-order valence-electron chi connectivity index (χ3n) is 2.26. The summed E-state index contributed by atoms with van der Waals surface area (Å²) in [5.74, 6) is -1.01. The van der Waals surface area contributed by atoms with Crippen LogP contribution in [0.4, 0.5) is 0 Å². The largest absolute Gasteiger partial charge is 0.478 e. The van der Waals surface area contributed by atoms with Crippen LogP contribution in [0.15, 0.2) is 24.3 Å². The maximum absolute atomic E-state index is 11.1. The van der Waals surface area contributed by atoms with Crippen LogP contribution in [0.25, 0.3) is 10.9 Å². The number of rotatable bonds is 2. The number of aromatic carboxylic acids is 1. The van der Waals surface area contributed by atoms with Gasteiger partial charge in [-0.1, -0.05) is 11.6 Å². The molecule has 5 heteroatoms. The van der Waals surface area contributed by atoms with E-state index in [1.807, 2.05) is 0 Å². The molecule has 0 amide bonds. The van der Waals surface area contributed by atoms with Gasteiger partial charge in [-0.2, -0.15) is 0 Å². The second-order valence-corrected chi connectivity index (χ2v) is 3.77. The first kappa shape index (κ1) is 10.9. The van der Waals surface area contributed by atoms with Crippen molar-refractivity contribution >= 4 is 28.5 Å². The van der Waals surface area contributed by atoms with Crippen molar-refractivity contribution in [3.05, 3.63) is 40.5 Å². The van der Waals surface area contributed by atoms with Gasteiger partial charge in [-0.3, -0.25) is 4.98 Å². The van der Waals surface area contributed by atoms with Crippen molar-refractivity contribution in [3.63, 3.8) is 0 Å². The predicted octanol–water partition coefficient (Wildman–Crippen LogP) is 2.05. The first-order valence-corrected chi connectivity index (χ1v) is 5.02. The highest BCUT2D eigenvalue weighted by molar-refractivity contribution is 6.31. The Kier molecular flexibility index (Phi) is 2.77. The van der Waals surface area contributed by atoms with Crippen molar-refractivity contribution in [2.45, 2.75) is 6.54 Å². The lowest BCUT2D eigenvalue weighted by atomic mass is 10.1. The van der Waals surface area contributed by atoms with Crippen LogP contribution < -0.4 is 5.73 Å². The average Bonchev–Trinajstić information content (AvgIpc) is 2.27. The van der Waals surface area contributed by atoms with Gasteiger partial charge in [0.2, 0.25) is 0 Å². The molecule has 0 fully saturated rings. The van der Waals surface area contributed by atoms with Gasteiger partial charge in [0, 0.05) is 17.0 Å². The molecule has 1 heterocycles. The zero-order valence-electron chi connectivity index (χ0n) is 8.27. The fraction of sp³-hybridized carbons (Fsp3) is 0.0909. The van der Waals surface area contributed by atoms with Gasteiger partial charge in [0.25, 0.3) is 0 Å². The van der Waals surface area contributed by atoms with E-state index in [1.54, 1.807) is 18.2 Å². The standard InChI is InChI=1S/C11H9ClN2O2/c12-6-1-2-10-8(3-6)9(11(15)16)4-7(5-13)14-10/h1-4H,5,13H2,(H,15,16). The summed E-state index contributed by atoms with van der Waals surface area (Å²) in [7, 11) is 0. The molecule has 0 bridgehead atoms. The first-order chi connectivity index (χ1) is 7.61. The third-order valence-corrected chi connectivity index (χ3v) is 2.50. The summed E-state index contributed by atoms with van der Waals surface area (Å²) in [6.07, 6.45) is 0. The van der Waals surface area contributed by atoms with Gasteiger partial charge in [0.1, 0.15) is 0 Å². The van der Waals surface area contributed by atoms with Crippen molar-refractivity contribution in [2.75, 3.05) is 0 Å². The third kappa shape index (κ3) is 1.85. The van der Waals surface area contributed by atoms with Crippen LogP contribution in [0.3, 0.4) is 0 Å². The van der Waals surface area contributed by atoms with Crippen LogP contribution in [-0.2, 0) is 6.54 Å². The number of nitrogens with two attached hydrogens (primary N) is 1. The molecule has 0 aliphatic heterocycles. The van der Waals surface area contributed by atoms with E-state index >= 15 is 0 Å². The molecule has 1 aromatic carbocycles. The Morgan fingerprint density at radius 2 is 2.19 bits per heavy atom. The zero-order valence-corrected chi connectivity index (χ0v) is 9.03. The molecule has 3 N–H and O–H groups in total. The molecule has 4 nitrogen and oxygen atoms in total. The van der Waals surface area contributed by atoms with Gasteiger partial charge >= 0.3 is 5.97 Å². The quantitative estimate of drug-likeness (QED) is 0.837. The molecule has 0 aliphatic rings. The first-order valence-electron chi connectivity index (χ1n) is 4.64. The summed E-state index contributed by atoms with van der Waals surface area (Å²) in [4.78, 5) is 15.3. The molecular weight excluding hydrogens is 228 g/mol. The van der Waals surface area contributed by atoms with Crippen molar-refractivity contribution in [2.24, 2.45) is 5.73 Å². The number of carbonyl (C=O) groups is 1. The average molecular weight is 237 g/mol. The number of carboxylic acid groups (broad SMARTS) is 1. The summed E-state index contributed by atoms with van der Waals surface area (Å²) in [6.45, 7) is 0.207. The molecular formula is C11H9ClN2O2. The van der Waals surface area contributed by atoms with Gasteiger partial charge in [-0.05, 0) is 24.3 Å². The van der Waals surface area contributed by atoms with E-state index in [0.29, 0.717) is 21.6 Å². The molecule has 0 unspecified atom stereocenters. The van der Waals surface area contributed by atoms with Crippen molar-refractivity contribution < 1.29 is 9.90 Å². The van der Waals surface area contributed by atoms with Crippen molar-refractivity contribution in [1.29, 1.82) is 0 Å². The number of benzene rings is 1. The Hall–Kier alpha value is -1.65. The SMILES string of the molecule is NCc1cc(C(=O)O)c2cc(Cl)ccc2n1. The predicted molar refractivity (Wildman–Crippen MR) is 61.6 cm³/mol. The molecule has 0 atom stereocenters. The second-order valence-electron chi connectivity index (χ2n) is 3.33. The molecule has 0 saturated carbocycles. The fourth-order valence-corrected chi connectivity index (χ4v) is 1.71. The highest BCUT2D eigenvalue weighted by atomic mass is 35.5. The number of carboxylic acids is 1. The highest BCUT2D eigenvalue weighted by Gasteiger charge is 2.11. The van der Waals surface area contributed by atoms with Crippen molar-refractivity contribution in [1.82, 2.24) is 4.98 Å². The van der Waals surface area contributed by atoms with E-state index in [4.69, 9.17) is 22.4 Å². The van der Waals surface area contributed by atoms with Crippen LogP contribution in [0.5, 0.6) is 0 Å². The van der Waals surface area contributed by atoms with E-state index in [1.165, 1.54) is 6.07 Å². The highest BCUT2D eigenvalue weighted by Crippen LogP contribution is 2.22. The number of fused-ring (bicyclic) bond motifs is 1. The molecule has 16 heavy (non-hydrogen) atoms. The minimum atomic E-state index is -1.01. The topological polar surface area (TPSA) is 76.2 Å². The molecule has 2 rings (SSSR count). The monoisotopic (exact) mass is 236 g/mol. The van der Waals surface area contributed by atoms with Gasteiger partial charge in [-0.15, -0.1) is 0 Å². The minimum absolute atomic E-state index is 0.174. The minimum Gasteiger partial charge on any atom is -0.478 e. The Balaban J connectivity index is 2.82. The molecule has 0 spiro atoms. The van der Waals surface area contributed by atoms with E-state index < -0.39 is 5.97 Å². The van der Waals surface area contributed by atoms with Crippen LogP contribution >= 0.6 is 11.6 Å². The molecule has 1 aromatic heterocycles. The van der Waals surface area contributed by atoms with Gasteiger partial charge < -0.3 is 10.8 Å². The Morgan fingerprint density at radius 1 is 1.44 bits per heavy atom. The van der Waals surface area contributed by atoms with Crippen LogP contribution in [0.2, 0.25) is 5.02 Å². The smallest absolute Gasteiger partial charge is 0.336 e. The van der Waals surface area contributed by atoms with E-state index in [9.17, 15) is 4.79 Å². The zero-order chi connectivity index (χ0) is 11.7. The molecule has 0 radical (unpaired) electrons. The maximum atomic E-state index is 11.1. The summed E-state index contributed by atoms with van der Waals surface area (Å²) >= 11 is 5.82. The number of hydrogen-bond acceptors (Lipinski definition) is 3. The van der Waals surface area contributed by atoms with Gasteiger partial charge in [0.15, 0.2) is 0 Å². The maximum Gasteiger partial charge on any atom is 0.336 e. The lowest BCUT2D eigenvalue weighted by Gasteiger charge is -2.05. The molecule has 82 valence electrons. The lowest BCUT2D eigenvalue weighted by molar-refractivity contribution is 0.0699. The van der Waals surface area contributed by atoms with Gasteiger partial charge in [-0.25, -0.2) is 4.79 Å². The number of pyridine rings is 1. The van der Waals surface area contributed by atoms with Crippen LogP contribution in [-0.4, -0.2) is 16.1 Å². The van der Waals surface area contributed by atoms with Gasteiger partial charge in [0.05, 0.1) is 16.8 Å². The normalized spacial score (nSPS) is 10.6. The summed E-state index contributed by atoms with van der Waals surface area (Å²) < 4.78 is 0. The lowest BCUT2D eigenvalue weighted by Crippen LogP contribution is -2.05. The Labute approximate surface area is 96.7 Å². The fourth-order valence-electron chi connectivity index (χ4n) is 1.53. The summed E-state index contributed by atoms with van der Waals surface area (Å²) in [5, 5.41) is 10.1. The number of nitrogens with zero attached hydrogens (tertiary/aromatic N) is 1. The Morgan fingerprint density at radius 3 is 2.81 bits per heavy atom. The van der Waals surface area contributed by atoms with E-state index in [-0.39, 0.29) is 12.1 Å². The molecule has 0 saturated heterocycles.